The second kappa shape index (κ2) is 7.10. The Morgan fingerprint density at radius 3 is 2.48 bits per heavy atom. The molecule has 1 saturated heterocycles. The molecule has 0 spiro atoms. The molecule has 1 N–H and O–H groups in total. The first-order valence-electron chi connectivity index (χ1n) is 8.99. The highest BCUT2D eigenvalue weighted by molar-refractivity contribution is 5.85. The number of hydrogen-bond donors (Lipinski definition) is 1. The molecule has 2 fully saturated rings. The first-order valence-corrected chi connectivity index (χ1v) is 8.99. The van der Waals surface area contributed by atoms with Crippen LogP contribution in [0.15, 0.2) is 0 Å². The van der Waals surface area contributed by atoms with Crippen molar-refractivity contribution in [1.29, 1.82) is 0 Å². The molecule has 5 heteroatoms. The zero-order valence-electron chi connectivity index (χ0n) is 15.2. The standard InChI is InChI=1S/C18H32N2O3/c1-12-10-11-20(15-9-7-6-8-14(12)15)16(21)13(2)19-17(22)23-18(3,4)5/h12-15H,6-11H2,1-5H3,(H,19,22)/t12-,13-,14-,15-/m1/s1. The molecule has 1 saturated carbocycles. The van der Waals surface area contributed by atoms with E-state index in [-0.39, 0.29) is 5.91 Å². The van der Waals surface area contributed by atoms with Gasteiger partial charge in [0.25, 0.3) is 0 Å². The van der Waals surface area contributed by atoms with Crippen molar-refractivity contribution in [3.05, 3.63) is 0 Å². The van der Waals surface area contributed by atoms with E-state index in [0.29, 0.717) is 17.9 Å². The number of ether oxygens (including phenoxy) is 1. The van der Waals surface area contributed by atoms with Gasteiger partial charge in [0.15, 0.2) is 0 Å². The summed E-state index contributed by atoms with van der Waals surface area (Å²) in [6.07, 6.45) is 5.34. The fraction of sp³-hybridized carbons (Fsp3) is 0.889. The second-order valence-corrected chi connectivity index (χ2v) is 8.18. The van der Waals surface area contributed by atoms with Crippen LogP contribution in [-0.4, -0.2) is 41.1 Å². The van der Waals surface area contributed by atoms with Crippen molar-refractivity contribution >= 4 is 12.0 Å². The number of nitrogens with one attached hydrogen (secondary N) is 1. The summed E-state index contributed by atoms with van der Waals surface area (Å²) in [7, 11) is 0. The Morgan fingerprint density at radius 2 is 1.83 bits per heavy atom. The molecule has 0 aromatic rings. The SMILES string of the molecule is C[C@@H]1CCN(C(=O)[C@@H](C)NC(=O)OC(C)(C)C)[C@@H]2CCCC[C@H]12. The number of carbonyl (C=O) groups is 2. The number of alkyl carbamates (subject to hydrolysis) is 1. The molecule has 1 heterocycles. The lowest BCUT2D eigenvalue weighted by atomic mass is 9.72. The van der Waals surface area contributed by atoms with Crippen LogP contribution in [0.5, 0.6) is 0 Å². The van der Waals surface area contributed by atoms with Crippen LogP contribution < -0.4 is 5.32 Å². The Hall–Kier alpha value is -1.26. The van der Waals surface area contributed by atoms with Crippen LogP contribution >= 0.6 is 0 Å². The van der Waals surface area contributed by atoms with E-state index >= 15 is 0 Å². The lowest BCUT2D eigenvalue weighted by Gasteiger charge is -2.48. The van der Waals surface area contributed by atoms with Crippen LogP contribution in [-0.2, 0) is 9.53 Å². The number of rotatable bonds is 2. The molecule has 132 valence electrons. The highest BCUT2D eigenvalue weighted by Gasteiger charge is 2.40. The van der Waals surface area contributed by atoms with Gasteiger partial charge in [0.2, 0.25) is 5.91 Å². The molecule has 2 aliphatic rings. The van der Waals surface area contributed by atoms with Gasteiger partial charge in [-0.2, -0.15) is 0 Å². The van der Waals surface area contributed by atoms with Crippen LogP contribution in [0.1, 0.15) is 66.7 Å². The molecule has 0 bridgehead atoms. The average Bonchev–Trinajstić information content (AvgIpc) is 2.45. The number of hydrogen-bond acceptors (Lipinski definition) is 3. The lowest BCUT2D eigenvalue weighted by Crippen LogP contribution is -2.57. The van der Waals surface area contributed by atoms with E-state index in [9.17, 15) is 9.59 Å². The molecular formula is C18H32N2O3. The van der Waals surface area contributed by atoms with Gasteiger partial charge < -0.3 is 15.0 Å². The predicted octanol–water partition coefficient (Wildman–Crippen LogP) is 3.33. The van der Waals surface area contributed by atoms with Gasteiger partial charge in [0.05, 0.1) is 0 Å². The highest BCUT2D eigenvalue weighted by Crippen LogP contribution is 2.38. The molecule has 1 aliphatic carbocycles. The molecule has 0 unspecified atom stereocenters. The molecule has 0 radical (unpaired) electrons. The lowest BCUT2D eigenvalue weighted by molar-refractivity contribution is -0.140. The summed E-state index contributed by atoms with van der Waals surface area (Å²) in [6.45, 7) is 10.3. The first kappa shape index (κ1) is 18.1. The Bertz CT molecular complexity index is 444. The summed E-state index contributed by atoms with van der Waals surface area (Å²) in [5, 5.41) is 2.69. The minimum atomic E-state index is -0.554. The van der Waals surface area contributed by atoms with Gasteiger partial charge in [0.1, 0.15) is 11.6 Å². The molecule has 1 aliphatic heterocycles. The predicted molar refractivity (Wildman–Crippen MR) is 90.1 cm³/mol. The van der Waals surface area contributed by atoms with E-state index in [1.54, 1.807) is 6.92 Å². The minimum absolute atomic E-state index is 0.0275. The number of likely N-dealkylation sites (tertiary alicyclic amines) is 1. The normalized spacial score (nSPS) is 29.4. The number of nitrogens with zero attached hydrogens (tertiary/aromatic N) is 1. The number of carbonyl (C=O) groups excluding carboxylic acids is 2. The number of amides is 2. The van der Waals surface area contributed by atoms with Crippen molar-refractivity contribution in [3.8, 4) is 0 Å². The highest BCUT2D eigenvalue weighted by atomic mass is 16.6. The molecule has 5 nitrogen and oxygen atoms in total. The van der Waals surface area contributed by atoms with Gasteiger partial charge in [-0.1, -0.05) is 19.8 Å². The van der Waals surface area contributed by atoms with E-state index in [1.807, 2.05) is 25.7 Å². The Kier molecular flexibility index (Phi) is 5.58. The van der Waals surface area contributed by atoms with Gasteiger partial charge in [-0.05, 0) is 58.8 Å². The fourth-order valence-corrected chi connectivity index (χ4v) is 3.98. The van der Waals surface area contributed by atoms with Gasteiger partial charge in [-0.15, -0.1) is 0 Å². The van der Waals surface area contributed by atoms with Crippen LogP contribution in [0.3, 0.4) is 0 Å². The van der Waals surface area contributed by atoms with Crippen LogP contribution in [0.2, 0.25) is 0 Å². The first-order chi connectivity index (χ1) is 10.7. The Labute approximate surface area is 140 Å². The molecule has 2 rings (SSSR count). The summed E-state index contributed by atoms with van der Waals surface area (Å²) in [5.41, 5.74) is -0.554. The molecule has 0 aromatic carbocycles. The maximum absolute atomic E-state index is 12.8. The van der Waals surface area contributed by atoms with Gasteiger partial charge in [0, 0.05) is 12.6 Å². The van der Waals surface area contributed by atoms with Gasteiger partial charge in [-0.3, -0.25) is 4.79 Å². The zero-order chi connectivity index (χ0) is 17.2. The van der Waals surface area contributed by atoms with Crippen molar-refractivity contribution in [2.24, 2.45) is 11.8 Å². The summed E-state index contributed by atoms with van der Waals surface area (Å²) >= 11 is 0. The monoisotopic (exact) mass is 324 g/mol. The van der Waals surface area contributed by atoms with E-state index in [0.717, 1.165) is 19.4 Å². The average molecular weight is 324 g/mol. The third-order valence-electron chi connectivity index (χ3n) is 5.12. The third kappa shape index (κ3) is 4.61. The fourth-order valence-electron chi connectivity index (χ4n) is 3.98. The van der Waals surface area contributed by atoms with Crippen LogP contribution in [0.4, 0.5) is 4.79 Å². The largest absolute Gasteiger partial charge is 0.444 e. The van der Waals surface area contributed by atoms with E-state index in [1.165, 1.54) is 19.3 Å². The maximum atomic E-state index is 12.8. The van der Waals surface area contributed by atoms with Crippen molar-refractivity contribution < 1.29 is 14.3 Å². The molecule has 4 atom stereocenters. The molecule has 0 aromatic heterocycles. The number of piperidine rings is 1. The van der Waals surface area contributed by atoms with Crippen molar-refractivity contribution in [1.82, 2.24) is 10.2 Å². The maximum Gasteiger partial charge on any atom is 0.408 e. The van der Waals surface area contributed by atoms with Gasteiger partial charge in [-0.25, -0.2) is 4.79 Å². The smallest absolute Gasteiger partial charge is 0.408 e. The second-order valence-electron chi connectivity index (χ2n) is 8.18. The summed E-state index contributed by atoms with van der Waals surface area (Å²) in [6, 6.07) is -0.191. The van der Waals surface area contributed by atoms with E-state index in [2.05, 4.69) is 12.2 Å². The van der Waals surface area contributed by atoms with Crippen molar-refractivity contribution in [3.63, 3.8) is 0 Å². The topological polar surface area (TPSA) is 58.6 Å². The van der Waals surface area contributed by atoms with E-state index in [4.69, 9.17) is 4.74 Å². The molecule has 23 heavy (non-hydrogen) atoms. The summed E-state index contributed by atoms with van der Waals surface area (Å²) in [5.74, 6) is 1.34. The quantitative estimate of drug-likeness (QED) is 0.847. The Balaban J connectivity index is 1.97. The summed E-state index contributed by atoms with van der Waals surface area (Å²) in [4.78, 5) is 26.7. The van der Waals surface area contributed by atoms with Crippen molar-refractivity contribution in [2.45, 2.75) is 84.4 Å². The Morgan fingerprint density at radius 1 is 1.17 bits per heavy atom. The minimum Gasteiger partial charge on any atom is -0.444 e. The molecular weight excluding hydrogens is 292 g/mol. The number of fused-ring (bicyclic) bond motifs is 1. The van der Waals surface area contributed by atoms with Gasteiger partial charge >= 0.3 is 6.09 Å². The third-order valence-corrected chi connectivity index (χ3v) is 5.12. The summed E-state index contributed by atoms with van der Waals surface area (Å²) < 4.78 is 5.25. The van der Waals surface area contributed by atoms with Crippen molar-refractivity contribution in [2.75, 3.05) is 6.54 Å². The van der Waals surface area contributed by atoms with Crippen LogP contribution in [0.25, 0.3) is 0 Å². The molecule has 2 amide bonds. The van der Waals surface area contributed by atoms with Crippen LogP contribution in [0, 0.1) is 11.8 Å². The zero-order valence-corrected chi connectivity index (χ0v) is 15.2. The van der Waals surface area contributed by atoms with E-state index < -0.39 is 17.7 Å².